The van der Waals surface area contributed by atoms with Crippen LogP contribution in [0.15, 0.2) is 24.3 Å². The Morgan fingerprint density at radius 1 is 1.11 bits per heavy atom. The molecule has 0 heterocycles. The van der Waals surface area contributed by atoms with Crippen LogP contribution in [0.25, 0.3) is 0 Å². The van der Waals surface area contributed by atoms with Crippen molar-refractivity contribution in [3.63, 3.8) is 0 Å². The van der Waals surface area contributed by atoms with Gasteiger partial charge in [-0.05, 0) is 23.1 Å². The van der Waals surface area contributed by atoms with E-state index in [1.165, 1.54) is 5.56 Å². The Balaban J connectivity index is 2.38. The Kier molecular flexibility index (Phi) is 5.20. The molecule has 0 bridgehead atoms. The van der Waals surface area contributed by atoms with Gasteiger partial charge in [0.05, 0.1) is 0 Å². The minimum Gasteiger partial charge on any atom is -0.490 e. The molecule has 0 fully saturated rings. The Labute approximate surface area is 109 Å². The zero-order chi connectivity index (χ0) is 13.6. The van der Waals surface area contributed by atoms with E-state index in [2.05, 4.69) is 32.9 Å². The maximum absolute atomic E-state index is 10.9. The molecule has 0 radical (unpaired) electrons. The lowest BCUT2D eigenvalue weighted by Crippen LogP contribution is -2.12. The highest BCUT2D eigenvalue weighted by molar-refractivity contribution is 5.68. The van der Waals surface area contributed by atoms with E-state index < -0.39 is 0 Å². The van der Waals surface area contributed by atoms with Crippen molar-refractivity contribution in [1.82, 2.24) is 0 Å². The summed E-state index contributed by atoms with van der Waals surface area (Å²) < 4.78 is 10.4. The van der Waals surface area contributed by atoms with Gasteiger partial charge in [-0.2, -0.15) is 0 Å². The van der Waals surface area contributed by atoms with E-state index in [0.29, 0.717) is 19.6 Å². The lowest BCUT2D eigenvalue weighted by Gasteiger charge is -2.19. The van der Waals surface area contributed by atoms with Crippen LogP contribution in [0.3, 0.4) is 0 Å². The van der Waals surface area contributed by atoms with Crippen LogP contribution in [0.1, 0.15) is 39.7 Å². The molecule has 0 aliphatic rings. The number of carbonyl (C=O) groups excluding carboxylic acids is 1. The highest BCUT2D eigenvalue weighted by Crippen LogP contribution is 2.24. The average molecular weight is 250 g/mol. The summed E-state index contributed by atoms with van der Waals surface area (Å²) in [7, 11) is 0. The first-order valence-corrected chi connectivity index (χ1v) is 6.32. The molecule has 0 unspecified atom stereocenters. The third-order valence-corrected chi connectivity index (χ3v) is 2.62. The molecule has 1 aromatic rings. The van der Waals surface area contributed by atoms with E-state index in [0.717, 1.165) is 5.75 Å². The molecule has 0 N–H and O–H groups in total. The summed E-state index contributed by atoms with van der Waals surface area (Å²) in [5.41, 5.74) is 1.42. The van der Waals surface area contributed by atoms with Crippen molar-refractivity contribution in [3.8, 4) is 5.75 Å². The molecule has 0 aliphatic carbocycles. The van der Waals surface area contributed by atoms with Crippen LogP contribution in [-0.2, 0) is 14.9 Å². The van der Waals surface area contributed by atoms with Gasteiger partial charge in [-0.25, -0.2) is 0 Å². The number of hydrogen-bond donors (Lipinski definition) is 0. The Hall–Kier alpha value is -1.51. The van der Waals surface area contributed by atoms with Gasteiger partial charge in [0.2, 0.25) is 0 Å². The molecule has 0 atom stereocenters. The average Bonchev–Trinajstić information content (AvgIpc) is 2.33. The Bertz CT molecular complexity index is 374. The highest BCUT2D eigenvalue weighted by Gasteiger charge is 2.12. The van der Waals surface area contributed by atoms with Crippen molar-refractivity contribution in [1.29, 1.82) is 0 Å². The number of esters is 1. The summed E-state index contributed by atoms with van der Waals surface area (Å²) in [4.78, 5) is 10.9. The van der Waals surface area contributed by atoms with E-state index >= 15 is 0 Å². The molecule has 18 heavy (non-hydrogen) atoms. The van der Waals surface area contributed by atoms with Crippen LogP contribution in [0, 0.1) is 0 Å². The van der Waals surface area contributed by atoms with E-state index in [9.17, 15) is 4.79 Å². The monoisotopic (exact) mass is 250 g/mol. The molecule has 0 saturated heterocycles. The predicted molar refractivity (Wildman–Crippen MR) is 71.9 cm³/mol. The smallest absolute Gasteiger partial charge is 0.305 e. The van der Waals surface area contributed by atoms with Crippen LogP contribution < -0.4 is 4.74 Å². The third-order valence-electron chi connectivity index (χ3n) is 2.62. The van der Waals surface area contributed by atoms with Crippen molar-refractivity contribution >= 4 is 5.97 Å². The van der Waals surface area contributed by atoms with Gasteiger partial charge < -0.3 is 9.47 Å². The summed E-state index contributed by atoms with van der Waals surface area (Å²) >= 11 is 0. The quantitative estimate of drug-likeness (QED) is 0.594. The molecule has 0 aliphatic heterocycles. The summed E-state index contributed by atoms with van der Waals surface area (Å²) in [6, 6.07) is 8.02. The molecule has 3 heteroatoms. The number of hydrogen-bond acceptors (Lipinski definition) is 3. The molecular weight excluding hydrogens is 228 g/mol. The zero-order valence-electron chi connectivity index (χ0n) is 11.7. The first-order chi connectivity index (χ1) is 8.43. The first-order valence-electron chi connectivity index (χ1n) is 6.32. The fraction of sp³-hybridized carbons (Fsp3) is 0.533. The molecule has 0 aromatic heterocycles. The molecule has 0 amide bonds. The van der Waals surface area contributed by atoms with Gasteiger partial charge in [-0.3, -0.25) is 4.79 Å². The lowest BCUT2D eigenvalue weighted by atomic mass is 9.87. The van der Waals surface area contributed by atoms with Gasteiger partial charge in [-0.1, -0.05) is 39.8 Å². The van der Waals surface area contributed by atoms with E-state index in [4.69, 9.17) is 9.47 Å². The summed E-state index contributed by atoms with van der Waals surface area (Å²) in [6.45, 7) is 8.98. The van der Waals surface area contributed by atoms with Gasteiger partial charge in [-0.15, -0.1) is 0 Å². The van der Waals surface area contributed by atoms with Crippen LogP contribution in [0.4, 0.5) is 0 Å². The number of rotatable bonds is 5. The first kappa shape index (κ1) is 14.6. The molecule has 0 saturated carbocycles. The van der Waals surface area contributed by atoms with Gasteiger partial charge >= 0.3 is 5.97 Å². The largest absolute Gasteiger partial charge is 0.490 e. The maximum Gasteiger partial charge on any atom is 0.305 e. The summed E-state index contributed by atoms with van der Waals surface area (Å²) in [5, 5.41) is 0. The van der Waals surface area contributed by atoms with Crippen LogP contribution in [0.2, 0.25) is 0 Å². The fourth-order valence-electron chi connectivity index (χ4n) is 1.47. The molecule has 1 rings (SSSR count). The second-order valence-corrected chi connectivity index (χ2v) is 5.20. The lowest BCUT2D eigenvalue weighted by molar-refractivity contribution is -0.143. The number of ether oxygens (including phenoxy) is 2. The minimum atomic E-state index is -0.193. The van der Waals surface area contributed by atoms with Gasteiger partial charge in [0, 0.05) is 6.42 Å². The number of carbonyl (C=O) groups is 1. The van der Waals surface area contributed by atoms with Crippen LogP contribution in [0.5, 0.6) is 5.75 Å². The SMILES string of the molecule is CCC(=O)OCCOc1ccc(C(C)(C)C)cc1. The van der Waals surface area contributed by atoms with E-state index in [1.807, 2.05) is 12.1 Å². The standard InChI is InChI=1S/C15H22O3/c1-5-14(16)18-11-10-17-13-8-6-12(7-9-13)15(2,3)4/h6-9H,5,10-11H2,1-4H3. The maximum atomic E-state index is 10.9. The highest BCUT2D eigenvalue weighted by atomic mass is 16.6. The summed E-state index contributed by atoms with van der Waals surface area (Å²) in [5.74, 6) is 0.609. The van der Waals surface area contributed by atoms with Crippen LogP contribution >= 0.6 is 0 Å². The van der Waals surface area contributed by atoms with Crippen molar-refractivity contribution in [2.75, 3.05) is 13.2 Å². The minimum absolute atomic E-state index is 0.148. The van der Waals surface area contributed by atoms with E-state index in [-0.39, 0.29) is 11.4 Å². The number of benzene rings is 1. The van der Waals surface area contributed by atoms with Gasteiger partial charge in [0.1, 0.15) is 19.0 Å². The zero-order valence-corrected chi connectivity index (χ0v) is 11.7. The predicted octanol–water partition coefficient (Wildman–Crippen LogP) is 3.32. The van der Waals surface area contributed by atoms with Crippen molar-refractivity contribution in [2.45, 2.75) is 39.5 Å². The molecule has 100 valence electrons. The van der Waals surface area contributed by atoms with E-state index in [1.54, 1.807) is 6.92 Å². The molecule has 0 spiro atoms. The fourth-order valence-corrected chi connectivity index (χ4v) is 1.47. The molecule has 3 nitrogen and oxygen atoms in total. The normalized spacial score (nSPS) is 11.1. The second kappa shape index (κ2) is 6.43. The van der Waals surface area contributed by atoms with Crippen molar-refractivity contribution < 1.29 is 14.3 Å². The Morgan fingerprint density at radius 3 is 2.22 bits per heavy atom. The van der Waals surface area contributed by atoms with Crippen LogP contribution in [-0.4, -0.2) is 19.2 Å². The van der Waals surface area contributed by atoms with Crippen molar-refractivity contribution in [2.24, 2.45) is 0 Å². The van der Waals surface area contributed by atoms with Crippen molar-refractivity contribution in [3.05, 3.63) is 29.8 Å². The molecule has 1 aromatic carbocycles. The second-order valence-electron chi connectivity index (χ2n) is 5.20. The topological polar surface area (TPSA) is 35.5 Å². The van der Waals surface area contributed by atoms with Gasteiger partial charge in [0.25, 0.3) is 0 Å². The Morgan fingerprint density at radius 2 is 1.72 bits per heavy atom. The van der Waals surface area contributed by atoms with Gasteiger partial charge in [0.15, 0.2) is 0 Å². The third kappa shape index (κ3) is 4.78. The summed E-state index contributed by atoms with van der Waals surface area (Å²) in [6.07, 6.45) is 0.403. The molecular formula is C15H22O3.